The second-order valence-electron chi connectivity index (χ2n) is 18.3. The molecule has 1 atom stereocenters. The minimum Gasteiger partial charge on any atom is -0.462 e. The second kappa shape index (κ2) is 55.7. The minimum atomic E-state index is -0.804. The summed E-state index contributed by atoms with van der Waals surface area (Å²) in [5.74, 6) is -0.951. The summed E-state index contributed by atoms with van der Waals surface area (Å²) in [6.45, 7) is 6.38. The van der Waals surface area contributed by atoms with Gasteiger partial charge in [0.2, 0.25) is 0 Å². The van der Waals surface area contributed by atoms with Gasteiger partial charge in [-0.3, -0.25) is 14.4 Å². The second-order valence-corrected chi connectivity index (χ2v) is 18.3. The molecule has 0 rings (SSSR count). The van der Waals surface area contributed by atoms with Crippen molar-refractivity contribution in [2.45, 2.75) is 252 Å². The van der Waals surface area contributed by atoms with Crippen LogP contribution >= 0.6 is 0 Å². The summed E-state index contributed by atoms with van der Waals surface area (Å²) in [6.07, 6.45) is 75.0. The highest BCUT2D eigenvalue weighted by molar-refractivity contribution is 5.71. The van der Waals surface area contributed by atoms with Crippen molar-refractivity contribution >= 4 is 17.9 Å². The Labute approximate surface area is 419 Å². The lowest BCUT2D eigenvalue weighted by atomic mass is 10.1. The summed E-state index contributed by atoms with van der Waals surface area (Å²) in [5.41, 5.74) is 0. The van der Waals surface area contributed by atoms with Gasteiger partial charge in [-0.25, -0.2) is 0 Å². The molecular weight excluding hydrogens is 841 g/mol. The fourth-order valence-corrected chi connectivity index (χ4v) is 7.47. The highest BCUT2D eigenvalue weighted by Gasteiger charge is 2.19. The van der Waals surface area contributed by atoms with Crippen molar-refractivity contribution in [3.05, 3.63) is 109 Å². The van der Waals surface area contributed by atoms with Crippen LogP contribution in [0.15, 0.2) is 109 Å². The van der Waals surface area contributed by atoms with E-state index < -0.39 is 6.10 Å². The topological polar surface area (TPSA) is 78.9 Å². The smallest absolute Gasteiger partial charge is 0.306 e. The van der Waals surface area contributed by atoms with Crippen molar-refractivity contribution in [2.24, 2.45) is 0 Å². The summed E-state index contributed by atoms with van der Waals surface area (Å²) < 4.78 is 16.8. The number of hydrogen-bond donors (Lipinski definition) is 0. The largest absolute Gasteiger partial charge is 0.462 e. The first-order valence-electron chi connectivity index (χ1n) is 28.0. The number of esters is 3. The molecule has 0 aromatic rings. The molecule has 0 fully saturated rings. The van der Waals surface area contributed by atoms with Gasteiger partial charge >= 0.3 is 17.9 Å². The third-order valence-corrected chi connectivity index (χ3v) is 11.7. The Morgan fingerprint density at radius 2 is 0.618 bits per heavy atom. The van der Waals surface area contributed by atoms with Crippen LogP contribution in [0.4, 0.5) is 0 Å². The molecule has 0 bridgehead atoms. The maximum absolute atomic E-state index is 12.8. The van der Waals surface area contributed by atoms with Crippen LogP contribution < -0.4 is 0 Å². The third-order valence-electron chi connectivity index (χ3n) is 11.7. The fraction of sp³-hybridized carbons (Fsp3) is 0.661. The average molecular weight is 943 g/mol. The first kappa shape index (κ1) is 64.1. The molecule has 0 radical (unpaired) electrons. The van der Waals surface area contributed by atoms with E-state index in [9.17, 15) is 14.4 Å². The lowest BCUT2D eigenvalue weighted by molar-refractivity contribution is -0.167. The van der Waals surface area contributed by atoms with E-state index in [-0.39, 0.29) is 31.1 Å². The van der Waals surface area contributed by atoms with Gasteiger partial charge in [0, 0.05) is 19.3 Å². The number of unbranched alkanes of at least 4 members (excludes halogenated alkanes) is 26. The van der Waals surface area contributed by atoms with E-state index >= 15 is 0 Å². The summed E-state index contributed by atoms with van der Waals surface area (Å²) >= 11 is 0. The summed E-state index contributed by atoms with van der Waals surface area (Å²) in [5, 5.41) is 0. The van der Waals surface area contributed by atoms with E-state index in [4.69, 9.17) is 14.2 Å². The number of carbonyl (C=O) groups excluding carboxylic acids is 3. The van der Waals surface area contributed by atoms with Crippen molar-refractivity contribution < 1.29 is 28.6 Å². The average Bonchev–Trinajstić information content (AvgIpc) is 3.34. The zero-order valence-electron chi connectivity index (χ0n) is 44.1. The Morgan fingerprint density at radius 1 is 0.309 bits per heavy atom. The lowest BCUT2D eigenvalue weighted by Gasteiger charge is -2.18. The van der Waals surface area contributed by atoms with Gasteiger partial charge < -0.3 is 14.2 Å². The molecule has 6 heteroatoms. The monoisotopic (exact) mass is 943 g/mol. The summed E-state index contributed by atoms with van der Waals surface area (Å²) in [6, 6.07) is 0. The van der Waals surface area contributed by atoms with E-state index in [1.807, 2.05) is 24.3 Å². The van der Waals surface area contributed by atoms with Gasteiger partial charge in [-0.05, 0) is 83.5 Å². The van der Waals surface area contributed by atoms with Crippen molar-refractivity contribution in [1.82, 2.24) is 0 Å². The first-order chi connectivity index (χ1) is 33.5. The molecule has 0 saturated carbocycles. The molecule has 0 amide bonds. The SMILES string of the molecule is CC\C=C/C=C\C=C/CCCCCCCC(=O)OCC(COC(=O)CCCCCCCCC/C=C\CCCCCCCCCC)OC(=O)CCCCCCC\C=C/C=C\C=C/C=C\C=C/CCC. The molecule has 386 valence electrons. The molecular formula is C62H102O6. The zero-order valence-corrected chi connectivity index (χ0v) is 44.1. The summed E-state index contributed by atoms with van der Waals surface area (Å²) in [7, 11) is 0. The Kier molecular flexibility index (Phi) is 52.4. The fourth-order valence-electron chi connectivity index (χ4n) is 7.47. The highest BCUT2D eigenvalue weighted by Crippen LogP contribution is 2.14. The predicted octanol–water partition coefficient (Wildman–Crippen LogP) is 18.7. The highest BCUT2D eigenvalue weighted by atomic mass is 16.6. The maximum Gasteiger partial charge on any atom is 0.306 e. The minimum absolute atomic E-state index is 0.0993. The van der Waals surface area contributed by atoms with Crippen LogP contribution in [-0.2, 0) is 28.6 Å². The molecule has 0 spiro atoms. The Balaban J connectivity index is 4.46. The van der Waals surface area contributed by atoms with E-state index in [0.717, 1.165) is 109 Å². The molecule has 0 saturated heterocycles. The van der Waals surface area contributed by atoms with Gasteiger partial charge in [0.25, 0.3) is 0 Å². The van der Waals surface area contributed by atoms with Crippen LogP contribution in [-0.4, -0.2) is 37.2 Å². The van der Waals surface area contributed by atoms with Gasteiger partial charge in [-0.1, -0.05) is 252 Å². The van der Waals surface area contributed by atoms with E-state index in [1.54, 1.807) is 0 Å². The van der Waals surface area contributed by atoms with Crippen LogP contribution in [0.1, 0.15) is 245 Å². The van der Waals surface area contributed by atoms with Crippen molar-refractivity contribution in [3.8, 4) is 0 Å². The molecule has 0 aliphatic heterocycles. The molecule has 1 unspecified atom stereocenters. The molecule has 0 aliphatic rings. The molecule has 0 aromatic heterocycles. The Hall–Kier alpha value is -3.93. The number of rotatable bonds is 49. The molecule has 6 nitrogen and oxygen atoms in total. The third kappa shape index (κ3) is 53.0. The maximum atomic E-state index is 12.8. The Morgan fingerprint density at radius 3 is 1.00 bits per heavy atom. The van der Waals surface area contributed by atoms with Crippen molar-refractivity contribution in [1.29, 1.82) is 0 Å². The molecule has 0 N–H and O–H groups in total. The number of ether oxygens (including phenoxy) is 3. The van der Waals surface area contributed by atoms with Crippen LogP contribution in [0.2, 0.25) is 0 Å². The van der Waals surface area contributed by atoms with Gasteiger partial charge in [-0.15, -0.1) is 0 Å². The molecule has 0 aliphatic carbocycles. The van der Waals surface area contributed by atoms with Gasteiger partial charge in [0.05, 0.1) is 0 Å². The standard InChI is InChI=1S/C62H102O6/c1-4-7-10-13-16-19-22-25-27-29-31-33-34-37-40-43-46-49-52-55-61(64)67-58-59(57-66-60(63)54-51-48-45-42-39-36-24-21-18-15-12-9-6-3)68-62(65)56-53-50-47-44-41-38-35-32-30-28-26-23-20-17-14-11-8-5-2/h9,11-12,14-15,17-18,20-21,23-24,26,28-32,35,59H,4-8,10,13,16,19,22,25,27,33-34,36-58H2,1-3H3/b12-9-,14-11-,18-15-,20-17-,24-21-,26-23-,30-28-,31-29-,35-32-. The molecule has 0 aromatic carbocycles. The Bertz CT molecular complexity index is 1410. The first-order valence-corrected chi connectivity index (χ1v) is 28.0. The van der Waals surface area contributed by atoms with Crippen molar-refractivity contribution in [3.63, 3.8) is 0 Å². The van der Waals surface area contributed by atoms with Crippen LogP contribution in [0.25, 0.3) is 0 Å². The van der Waals surface area contributed by atoms with Crippen LogP contribution in [0.3, 0.4) is 0 Å². The normalized spacial score (nSPS) is 12.9. The van der Waals surface area contributed by atoms with Crippen LogP contribution in [0, 0.1) is 0 Å². The predicted molar refractivity (Wildman–Crippen MR) is 293 cm³/mol. The van der Waals surface area contributed by atoms with E-state index in [1.165, 1.54) is 96.3 Å². The van der Waals surface area contributed by atoms with Gasteiger partial charge in [-0.2, -0.15) is 0 Å². The van der Waals surface area contributed by atoms with Gasteiger partial charge in [0.1, 0.15) is 13.2 Å². The number of carbonyl (C=O) groups is 3. The number of allylic oxidation sites excluding steroid dienone is 18. The van der Waals surface area contributed by atoms with Crippen LogP contribution in [0.5, 0.6) is 0 Å². The van der Waals surface area contributed by atoms with E-state index in [2.05, 4.69) is 106 Å². The van der Waals surface area contributed by atoms with Crippen molar-refractivity contribution in [2.75, 3.05) is 13.2 Å². The number of hydrogen-bond acceptors (Lipinski definition) is 6. The quantitative estimate of drug-likeness (QED) is 0.0199. The van der Waals surface area contributed by atoms with E-state index in [0.29, 0.717) is 19.3 Å². The zero-order chi connectivity index (χ0) is 49.3. The lowest BCUT2D eigenvalue weighted by Crippen LogP contribution is -2.30. The summed E-state index contributed by atoms with van der Waals surface area (Å²) in [4.78, 5) is 38.1. The molecule has 68 heavy (non-hydrogen) atoms. The van der Waals surface area contributed by atoms with Gasteiger partial charge in [0.15, 0.2) is 6.10 Å². The molecule has 0 heterocycles.